The van der Waals surface area contributed by atoms with Gasteiger partial charge >= 0.3 is 11.9 Å². The largest absolute Gasteiger partial charge is 0.508 e. The molecule has 0 saturated carbocycles. The highest BCUT2D eigenvalue weighted by atomic mass is 16.4. The van der Waals surface area contributed by atoms with Crippen molar-refractivity contribution >= 4 is 11.9 Å². The topological polar surface area (TPSA) is 135 Å². The average molecular weight is 242 g/mol. The minimum Gasteiger partial charge on any atom is -0.508 e. The highest BCUT2D eigenvalue weighted by molar-refractivity contribution is 5.88. The van der Waals surface area contributed by atoms with E-state index in [1.807, 2.05) is 0 Å². The van der Waals surface area contributed by atoms with E-state index < -0.39 is 29.9 Å². The molecule has 0 bridgehead atoms. The SMILES string of the molecule is O=C(O)c1ccc(C(O)C(O)C(=O)O)c(O)c1. The number of aliphatic hydroxyl groups is 2. The molecule has 2 unspecified atom stereocenters. The summed E-state index contributed by atoms with van der Waals surface area (Å²) in [6.07, 6.45) is -3.94. The molecule has 0 aliphatic rings. The van der Waals surface area contributed by atoms with E-state index in [4.69, 9.17) is 15.3 Å². The molecule has 0 radical (unpaired) electrons. The Balaban J connectivity index is 3.08. The van der Waals surface area contributed by atoms with Crippen molar-refractivity contribution in [1.29, 1.82) is 0 Å². The van der Waals surface area contributed by atoms with Crippen molar-refractivity contribution in [3.8, 4) is 5.75 Å². The number of aliphatic carboxylic acids is 1. The van der Waals surface area contributed by atoms with Gasteiger partial charge in [0.1, 0.15) is 11.9 Å². The van der Waals surface area contributed by atoms with Crippen LogP contribution in [0.3, 0.4) is 0 Å². The van der Waals surface area contributed by atoms with Crippen LogP contribution in [0.4, 0.5) is 0 Å². The minimum absolute atomic E-state index is 0.219. The monoisotopic (exact) mass is 242 g/mol. The second-order valence-electron chi connectivity index (χ2n) is 3.31. The maximum absolute atomic E-state index is 10.6. The Hall–Kier alpha value is -2.12. The van der Waals surface area contributed by atoms with Crippen molar-refractivity contribution in [3.63, 3.8) is 0 Å². The van der Waals surface area contributed by atoms with E-state index in [2.05, 4.69) is 0 Å². The number of phenolic OH excluding ortho intramolecular Hbond substituents is 1. The predicted octanol–water partition coefficient (Wildman–Crippen LogP) is -0.431. The summed E-state index contributed by atoms with van der Waals surface area (Å²) >= 11 is 0. The number of carbonyl (C=O) groups is 2. The van der Waals surface area contributed by atoms with Crippen LogP contribution in [0, 0.1) is 0 Å². The van der Waals surface area contributed by atoms with Crippen molar-refractivity contribution in [1.82, 2.24) is 0 Å². The van der Waals surface area contributed by atoms with Gasteiger partial charge in [0.05, 0.1) is 5.56 Å². The Labute approximate surface area is 95.2 Å². The summed E-state index contributed by atoms with van der Waals surface area (Å²) in [5.74, 6) is -3.53. The molecule has 0 fully saturated rings. The third-order valence-corrected chi connectivity index (χ3v) is 2.15. The number of aromatic carboxylic acids is 1. The zero-order chi connectivity index (χ0) is 13.2. The first-order valence-corrected chi connectivity index (χ1v) is 4.49. The molecule has 5 N–H and O–H groups in total. The lowest BCUT2D eigenvalue weighted by Gasteiger charge is -2.15. The lowest BCUT2D eigenvalue weighted by atomic mass is 10.0. The highest BCUT2D eigenvalue weighted by Crippen LogP contribution is 2.27. The first kappa shape index (κ1) is 12.9. The molecule has 2 atom stereocenters. The van der Waals surface area contributed by atoms with Gasteiger partial charge in [-0.15, -0.1) is 0 Å². The molecule has 1 aromatic carbocycles. The number of aliphatic hydroxyl groups excluding tert-OH is 2. The number of phenols is 1. The van der Waals surface area contributed by atoms with Crippen LogP contribution in [0.5, 0.6) is 5.75 Å². The van der Waals surface area contributed by atoms with Crippen LogP contribution in [-0.2, 0) is 4.79 Å². The fourth-order valence-electron chi connectivity index (χ4n) is 1.23. The zero-order valence-corrected chi connectivity index (χ0v) is 8.44. The number of benzene rings is 1. The Kier molecular flexibility index (Phi) is 3.66. The molecule has 17 heavy (non-hydrogen) atoms. The number of rotatable bonds is 4. The molecule has 1 rings (SSSR count). The van der Waals surface area contributed by atoms with Crippen LogP contribution < -0.4 is 0 Å². The fourth-order valence-corrected chi connectivity index (χ4v) is 1.23. The second kappa shape index (κ2) is 4.81. The molecule has 0 heterocycles. The standard InChI is InChI=1S/C10H10O7/c11-6-3-4(9(14)15)1-2-5(6)7(12)8(13)10(16)17/h1-3,7-8,11-13H,(H,14,15)(H,16,17). The number of aromatic hydroxyl groups is 1. The molecule has 0 amide bonds. The molecule has 92 valence electrons. The van der Waals surface area contributed by atoms with Gasteiger partial charge in [0.2, 0.25) is 0 Å². The molecule has 0 aliphatic heterocycles. The molecule has 0 spiro atoms. The van der Waals surface area contributed by atoms with Crippen molar-refractivity contribution in [3.05, 3.63) is 29.3 Å². The molecule has 7 nitrogen and oxygen atoms in total. The van der Waals surface area contributed by atoms with Crippen LogP contribution in [0.15, 0.2) is 18.2 Å². The molecule has 0 aliphatic carbocycles. The van der Waals surface area contributed by atoms with Gasteiger partial charge in [0.25, 0.3) is 0 Å². The van der Waals surface area contributed by atoms with Crippen LogP contribution in [0.1, 0.15) is 22.0 Å². The molecule has 0 aromatic heterocycles. The minimum atomic E-state index is -2.10. The molecule has 0 saturated heterocycles. The summed E-state index contributed by atoms with van der Waals surface area (Å²) in [7, 11) is 0. The third-order valence-electron chi connectivity index (χ3n) is 2.15. The van der Waals surface area contributed by atoms with E-state index in [1.54, 1.807) is 0 Å². The molecule has 7 heteroatoms. The van der Waals surface area contributed by atoms with Crippen molar-refractivity contribution < 1.29 is 35.1 Å². The molecule has 1 aromatic rings. The Morgan fingerprint density at radius 3 is 2.12 bits per heavy atom. The summed E-state index contributed by atoms with van der Waals surface area (Å²) in [5.41, 5.74) is -0.479. The highest BCUT2D eigenvalue weighted by Gasteiger charge is 2.27. The Morgan fingerprint density at radius 1 is 1.12 bits per heavy atom. The van der Waals surface area contributed by atoms with E-state index >= 15 is 0 Å². The van der Waals surface area contributed by atoms with Gasteiger partial charge in [-0.3, -0.25) is 0 Å². The Bertz CT molecular complexity index is 454. The van der Waals surface area contributed by atoms with Gasteiger partial charge < -0.3 is 25.5 Å². The van der Waals surface area contributed by atoms with Gasteiger partial charge in [-0.05, 0) is 12.1 Å². The van der Waals surface area contributed by atoms with Crippen LogP contribution in [0.25, 0.3) is 0 Å². The van der Waals surface area contributed by atoms with Crippen LogP contribution in [0.2, 0.25) is 0 Å². The van der Waals surface area contributed by atoms with Crippen LogP contribution in [-0.4, -0.2) is 43.6 Å². The van der Waals surface area contributed by atoms with Gasteiger partial charge in [-0.25, -0.2) is 9.59 Å². The van der Waals surface area contributed by atoms with Gasteiger partial charge in [0, 0.05) is 5.56 Å². The fraction of sp³-hybridized carbons (Fsp3) is 0.200. The van der Waals surface area contributed by atoms with E-state index in [1.165, 1.54) is 0 Å². The maximum atomic E-state index is 10.6. The van der Waals surface area contributed by atoms with E-state index in [0.29, 0.717) is 0 Å². The summed E-state index contributed by atoms with van der Waals surface area (Å²) < 4.78 is 0. The second-order valence-corrected chi connectivity index (χ2v) is 3.31. The van der Waals surface area contributed by atoms with Crippen LogP contribution >= 0.6 is 0 Å². The first-order chi connectivity index (χ1) is 7.84. The predicted molar refractivity (Wildman–Crippen MR) is 53.7 cm³/mol. The lowest BCUT2D eigenvalue weighted by Crippen LogP contribution is -2.27. The number of hydrogen-bond acceptors (Lipinski definition) is 5. The van der Waals surface area contributed by atoms with Crippen molar-refractivity contribution in [2.45, 2.75) is 12.2 Å². The lowest BCUT2D eigenvalue weighted by molar-refractivity contribution is -0.153. The van der Waals surface area contributed by atoms with E-state index in [-0.39, 0.29) is 11.1 Å². The van der Waals surface area contributed by atoms with Gasteiger partial charge in [-0.1, -0.05) is 6.07 Å². The third kappa shape index (κ3) is 2.71. The van der Waals surface area contributed by atoms with Gasteiger partial charge in [-0.2, -0.15) is 0 Å². The quantitative estimate of drug-likeness (QED) is 0.483. The number of hydrogen-bond donors (Lipinski definition) is 5. The number of carboxylic acid groups (broad SMARTS) is 2. The first-order valence-electron chi connectivity index (χ1n) is 4.49. The summed E-state index contributed by atoms with van der Waals surface area (Å²) in [4.78, 5) is 21.0. The van der Waals surface area contributed by atoms with E-state index in [9.17, 15) is 19.8 Å². The molecular weight excluding hydrogens is 232 g/mol. The average Bonchev–Trinajstić information content (AvgIpc) is 2.26. The summed E-state index contributed by atoms with van der Waals surface area (Å²) in [6, 6.07) is 2.97. The van der Waals surface area contributed by atoms with Crippen molar-refractivity contribution in [2.75, 3.05) is 0 Å². The summed E-state index contributed by atoms with van der Waals surface area (Å²) in [6.45, 7) is 0. The van der Waals surface area contributed by atoms with Crippen molar-refractivity contribution in [2.24, 2.45) is 0 Å². The summed E-state index contributed by atoms with van der Waals surface area (Å²) in [5, 5.41) is 45.0. The van der Waals surface area contributed by atoms with E-state index in [0.717, 1.165) is 18.2 Å². The number of carboxylic acids is 2. The molecular formula is C10H10O7. The Morgan fingerprint density at radius 2 is 1.71 bits per heavy atom. The smallest absolute Gasteiger partial charge is 0.335 e. The maximum Gasteiger partial charge on any atom is 0.335 e. The van der Waals surface area contributed by atoms with Gasteiger partial charge in [0.15, 0.2) is 6.10 Å². The normalized spacial score (nSPS) is 14.0. The zero-order valence-electron chi connectivity index (χ0n) is 8.44.